The van der Waals surface area contributed by atoms with E-state index in [1.54, 1.807) is 0 Å². The van der Waals surface area contributed by atoms with E-state index < -0.39 is 17.3 Å². The number of hydrogen-bond acceptors (Lipinski definition) is 3. The Morgan fingerprint density at radius 3 is 2.28 bits per heavy atom. The SMILES string of the molecule is OC1(C(F)(F)F)ON=C(c2ccc(Cl)cc2)C1Cl. The van der Waals surface area contributed by atoms with E-state index in [4.69, 9.17) is 23.2 Å². The monoisotopic (exact) mass is 299 g/mol. The van der Waals surface area contributed by atoms with Crippen molar-refractivity contribution in [1.82, 2.24) is 0 Å². The summed E-state index contributed by atoms with van der Waals surface area (Å²) in [5.41, 5.74) is 0.0905. The maximum atomic E-state index is 12.6. The molecule has 1 aliphatic rings. The van der Waals surface area contributed by atoms with E-state index >= 15 is 0 Å². The molecule has 1 aromatic carbocycles. The minimum atomic E-state index is -5.04. The number of halogens is 5. The lowest BCUT2D eigenvalue weighted by Gasteiger charge is -2.25. The topological polar surface area (TPSA) is 41.8 Å². The van der Waals surface area contributed by atoms with Gasteiger partial charge in [0.25, 0.3) is 0 Å². The lowest BCUT2D eigenvalue weighted by atomic mass is 10.0. The van der Waals surface area contributed by atoms with E-state index in [0.717, 1.165) is 0 Å². The van der Waals surface area contributed by atoms with Crippen LogP contribution in [0.1, 0.15) is 5.56 Å². The molecular weight excluding hydrogens is 294 g/mol. The van der Waals surface area contributed by atoms with E-state index in [1.165, 1.54) is 24.3 Å². The molecular formula is C10H6Cl2F3NO2. The molecule has 18 heavy (non-hydrogen) atoms. The number of benzene rings is 1. The predicted molar refractivity (Wildman–Crippen MR) is 59.7 cm³/mol. The summed E-state index contributed by atoms with van der Waals surface area (Å²) >= 11 is 11.2. The molecule has 0 amide bonds. The fraction of sp³-hybridized carbons (Fsp3) is 0.300. The van der Waals surface area contributed by atoms with Crippen LogP contribution in [-0.4, -0.2) is 28.2 Å². The van der Waals surface area contributed by atoms with Crippen LogP contribution in [0.2, 0.25) is 5.02 Å². The Morgan fingerprint density at radius 1 is 1.28 bits per heavy atom. The highest BCUT2D eigenvalue weighted by Gasteiger charge is 2.66. The Bertz CT molecular complexity index is 489. The summed E-state index contributed by atoms with van der Waals surface area (Å²) in [7, 11) is 0. The summed E-state index contributed by atoms with van der Waals surface area (Å²) in [5.74, 6) is -3.51. The molecule has 2 rings (SSSR count). The van der Waals surface area contributed by atoms with Crippen LogP contribution >= 0.6 is 23.2 Å². The molecule has 1 aliphatic heterocycles. The number of alkyl halides is 4. The van der Waals surface area contributed by atoms with Gasteiger partial charge in [0.1, 0.15) is 5.71 Å². The molecule has 0 saturated heterocycles. The first-order chi connectivity index (χ1) is 8.25. The van der Waals surface area contributed by atoms with Crippen molar-refractivity contribution in [2.75, 3.05) is 0 Å². The van der Waals surface area contributed by atoms with Gasteiger partial charge in [-0.2, -0.15) is 13.2 Å². The Labute approximate surface area is 110 Å². The highest BCUT2D eigenvalue weighted by Crippen LogP contribution is 2.41. The van der Waals surface area contributed by atoms with Crippen molar-refractivity contribution in [3.8, 4) is 0 Å². The standard InChI is InChI=1S/C10H6Cl2F3NO2/c11-6-3-1-5(2-4-6)7-8(12)9(17,18-16-7)10(13,14)15/h1-4,8,17H. The quantitative estimate of drug-likeness (QED) is 0.810. The average molecular weight is 300 g/mol. The first-order valence-electron chi connectivity index (χ1n) is 4.71. The first-order valence-corrected chi connectivity index (χ1v) is 5.52. The van der Waals surface area contributed by atoms with Gasteiger partial charge in [-0.25, -0.2) is 0 Å². The van der Waals surface area contributed by atoms with Gasteiger partial charge < -0.3 is 9.94 Å². The van der Waals surface area contributed by atoms with Crippen LogP contribution in [0.5, 0.6) is 0 Å². The molecule has 2 unspecified atom stereocenters. The molecule has 0 bridgehead atoms. The maximum absolute atomic E-state index is 12.6. The first kappa shape index (κ1) is 13.5. The zero-order chi connectivity index (χ0) is 13.6. The number of rotatable bonds is 1. The van der Waals surface area contributed by atoms with Crippen LogP contribution in [0.15, 0.2) is 29.4 Å². The smallest absolute Gasteiger partial charge is 0.348 e. The normalized spacial score (nSPS) is 27.9. The molecule has 8 heteroatoms. The Morgan fingerprint density at radius 2 is 1.83 bits per heavy atom. The van der Waals surface area contributed by atoms with Crippen LogP contribution in [0.25, 0.3) is 0 Å². The molecule has 1 heterocycles. The molecule has 0 aliphatic carbocycles. The fourth-order valence-electron chi connectivity index (χ4n) is 1.41. The zero-order valence-electron chi connectivity index (χ0n) is 8.58. The molecule has 1 aromatic rings. The highest BCUT2D eigenvalue weighted by molar-refractivity contribution is 6.36. The number of aliphatic hydroxyl groups is 1. The van der Waals surface area contributed by atoms with Crippen LogP contribution in [0.4, 0.5) is 13.2 Å². The number of oxime groups is 1. The molecule has 0 fully saturated rings. The minimum Gasteiger partial charge on any atom is -0.348 e. The molecule has 0 spiro atoms. The summed E-state index contributed by atoms with van der Waals surface area (Å²) < 4.78 is 37.8. The van der Waals surface area contributed by atoms with E-state index in [9.17, 15) is 18.3 Å². The third-order valence-corrected chi connectivity index (χ3v) is 3.17. The molecule has 1 N–H and O–H groups in total. The van der Waals surface area contributed by atoms with Gasteiger partial charge >= 0.3 is 12.0 Å². The van der Waals surface area contributed by atoms with E-state index in [2.05, 4.69) is 9.99 Å². The minimum absolute atomic E-state index is 0.201. The zero-order valence-corrected chi connectivity index (χ0v) is 10.1. The average Bonchev–Trinajstić information content (AvgIpc) is 2.58. The predicted octanol–water partition coefficient (Wildman–Crippen LogP) is 2.93. The van der Waals surface area contributed by atoms with Crippen molar-refractivity contribution in [2.24, 2.45) is 5.16 Å². The summed E-state index contributed by atoms with van der Waals surface area (Å²) in [6.45, 7) is 0. The second-order valence-corrected chi connectivity index (χ2v) is 4.50. The van der Waals surface area contributed by atoms with Crippen LogP contribution in [-0.2, 0) is 4.84 Å². The van der Waals surface area contributed by atoms with E-state index in [0.29, 0.717) is 10.6 Å². The van der Waals surface area contributed by atoms with Gasteiger partial charge in [-0.1, -0.05) is 28.9 Å². The lowest BCUT2D eigenvalue weighted by Crippen LogP contribution is -2.53. The van der Waals surface area contributed by atoms with Gasteiger partial charge in [0.15, 0.2) is 5.38 Å². The summed E-state index contributed by atoms with van der Waals surface area (Å²) in [5, 5.41) is 11.1. The fourth-order valence-corrected chi connectivity index (χ4v) is 1.87. The second-order valence-electron chi connectivity index (χ2n) is 3.63. The Balaban J connectivity index is 2.32. The third kappa shape index (κ3) is 2.04. The molecule has 0 radical (unpaired) electrons. The highest BCUT2D eigenvalue weighted by atomic mass is 35.5. The molecule has 0 aromatic heterocycles. The summed E-state index contributed by atoms with van der Waals surface area (Å²) in [4.78, 5) is 4.07. The van der Waals surface area contributed by atoms with E-state index in [-0.39, 0.29) is 5.71 Å². The molecule has 98 valence electrons. The van der Waals surface area contributed by atoms with Crippen molar-refractivity contribution in [3.05, 3.63) is 34.9 Å². The van der Waals surface area contributed by atoms with Crippen LogP contribution in [0.3, 0.4) is 0 Å². The Hall–Kier alpha value is -0.980. The maximum Gasteiger partial charge on any atom is 0.459 e. The van der Waals surface area contributed by atoms with Crippen molar-refractivity contribution in [3.63, 3.8) is 0 Å². The molecule has 0 saturated carbocycles. The molecule has 3 nitrogen and oxygen atoms in total. The third-order valence-electron chi connectivity index (χ3n) is 2.41. The van der Waals surface area contributed by atoms with Gasteiger partial charge in [-0.3, -0.25) is 0 Å². The summed E-state index contributed by atoms with van der Waals surface area (Å²) in [6.07, 6.45) is -5.04. The summed E-state index contributed by atoms with van der Waals surface area (Å²) in [6, 6.07) is 5.80. The number of hydrogen-bond donors (Lipinski definition) is 1. The number of nitrogens with zero attached hydrogens (tertiary/aromatic N) is 1. The van der Waals surface area contributed by atoms with Crippen LogP contribution < -0.4 is 0 Å². The van der Waals surface area contributed by atoms with Crippen molar-refractivity contribution in [1.29, 1.82) is 0 Å². The Kier molecular flexibility index (Phi) is 3.21. The van der Waals surface area contributed by atoms with Crippen LogP contribution in [0, 0.1) is 0 Å². The lowest BCUT2D eigenvalue weighted by molar-refractivity contribution is -0.353. The van der Waals surface area contributed by atoms with Gasteiger partial charge in [0.2, 0.25) is 0 Å². The van der Waals surface area contributed by atoms with Crippen molar-refractivity contribution >= 4 is 28.9 Å². The van der Waals surface area contributed by atoms with Gasteiger partial charge in [0.05, 0.1) is 0 Å². The second kappa shape index (κ2) is 4.29. The van der Waals surface area contributed by atoms with Gasteiger partial charge in [0, 0.05) is 10.6 Å². The molecule has 2 atom stereocenters. The van der Waals surface area contributed by atoms with Gasteiger partial charge in [-0.15, -0.1) is 11.6 Å². The van der Waals surface area contributed by atoms with Crippen molar-refractivity contribution < 1.29 is 23.1 Å². The van der Waals surface area contributed by atoms with Gasteiger partial charge in [-0.05, 0) is 12.1 Å². The van der Waals surface area contributed by atoms with E-state index in [1.807, 2.05) is 0 Å². The largest absolute Gasteiger partial charge is 0.459 e. The van der Waals surface area contributed by atoms with Crippen molar-refractivity contribution in [2.45, 2.75) is 17.3 Å².